The summed E-state index contributed by atoms with van der Waals surface area (Å²) in [5.41, 5.74) is -6.94. The van der Waals surface area contributed by atoms with Crippen LogP contribution in [0.25, 0.3) is 0 Å². The van der Waals surface area contributed by atoms with Crippen molar-refractivity contribution in [3.05, 3.63) is 46.0 Å². The van der Waals surface area contributed by atoms with Crippen molar-refractivity contribution in [1.29, 1.82) is 0 Å². The van der Waals surface area contributed by atoms with Crippen LogP contribution in [0.5, 0.6) is 0 Å². The Balaban J connectivity index is 1.33. The van der Waals surface area contributed by atoms with Crippen molar-refractivity contribution >= 4 is 5.78 Å². The fraction of sp³-hybridized carbons (Fsp3) is 0.742. The summed E-state index contributed by atoms with van der Waals surface area (Å²) in [6.45, 7) is 4.79. The maximum absolute atomic E-state index is 14.3. The van der Waals surface area contributed by atoms with Crippen LogP contribution < -0.4 is 5.63 Å². The van der Waals surface area contributed by atoms with Crippen molar-refractivity contribution < 1.29 is 58.8 Å². The highest BCUT2D eigenvalue weighted by atomic mass is 16.8. The van der Waals surface area contributed by atoms with Gasteiger partial charge < -0.3 is 54.0 Å². The third-order valence-corrected chi connectivity index (χ3v) is 12.2. The molecule has 2 saturated heterocycles. The number of rotatable bonds is 2. The summed E-state index contributed by atoms with van der Waals surface area (Å²) in [7, 11) is 1.28. The Morgan fingerprint density at radius 1 is 1.00 bits per heavy atom. The zero-order valence-electron chi connectivity index (χ0n) is 25.0. The molecule has 13 heteroatoms. The normalized spacial score (nSPS) is 54.8. The van der Waals surface area contributed by atoms with E-state index in [1.807, 2.05) is 0 Å². The van der Waals surface area contributed by atoms with Gasteiger partial charge >= 0.3 is 5.63 Å². The van der Waals surface area contributed by atoms with E-state index in [0.29, 0.717) is 11.1 Å². The average Bonchev–Trinajstić information content (AvgIpc) is 3.22. The van der Waals surface area contributed by atoms with Crippen LogP contribution in [0.1, 0.15) is 57.9 Å². The minimum Gasteiger partial charge on any atom is -0.431 e. The third-order valence-electron chi connectivity index (χ3n) is 12.2. The van der Waals surface area contributed by atoms with Crippen molar-refractivity contribution in [1.82, 2.24) is 0 Å². The largest absolute Gasteiger partial charge is 0.431 e. The van der Waals surface area contributed by atoms with Gasteiger partial charge in [0.25, 0.3) is 0 Å². The molecule has 2 aliphatic heterocycles. The number of fused-ring (bicyclic) bond motifs is 8. The van der Waals surface area contributed by atoms with Gasteiger partial charge in [-0.3, -0.25) is 4.79 Å². The molecular weight excluding hydrogens is 580 g/mol. The topological polar surface area (TPSA) is 206 Å². The summed E-state index contributed by atoms with van der Waals surface area (Å²) in [4.78, 5) is 26.0. The van der Waals surface area contributed by atoms with Crippen LogP contribution in [0.4, 0.5) is 0 Å². The van der Waals surface area contributed by atoms with Crippen molar-refractivity contribution in [2.45, 2.75) is 118 Å². The first-order valence-corrected chi connectivity index (χ1v) is 15.1. The Bertz CT molecular complexity index is 1440. The first kappa shape index (κ1) is 30.6. The molecule has 15 unspecified atom stereocenters. The molecule has 2 bridgehead atoms. The number of hydrogen-bond acceptors (Lipinski definition) is 13. The van der Waals surface area contributed by atoms with E-state index in [9.17, 15) is 40.2 Å². The predicted molar refractivity (Wildman–Crippen MR) is 147 cm³/mol. The maximum atomic E-state index is 14.3. The van der Waals surface area contributed by atoms with Crippen LogP contribution in [0, 0.1) is 16.7 Å². The summed E-state index contributed by atoms with van der Waals surface area (Å²) in [5.74, 6) is -4.57. The fourth-order valence-corrected chi connectivity index (χ4v) is 9.99. The molecule has 1 aromatic rings. The van der Waals surface area contributed by atoms with Gasteiger partial charge in [-0.1, -0.05) is 13.0 Å². The lowest BCUT2D eigenvalue weighted by Crippen LogP contribution is -2.80. The zero-order chi connectivity index (χ0) is 31.8. The van der Waals surface area contributed by atoms with E-state index in [-0.39, 0.29) is 25.7 Å². The molecule has 0 amide bonds. The second-order valence-corrected chi connectivity index (χ2v) is 14.0. The highest BCUT2D eigenvalue weighted by Gasteiger charge is 2.80. The minimum absolute atomic E-state index is 0.0195. The van der Waals surface area contributed by atoms with Crippen LogP contribution in [0.2, 0.25) is 0 Å². The molecule has 44 heavy (non-hydrogen) atoms. The summed E-state index contributed by atoms with van der Waals surface area (Å²) in [6.07, 6.45) is -7.26. The number of ketones is 1. The Hall–Kier alpha value is -2.04. The van der Waals surface area contributed by atoms with E-state index in [2.05, 4.69) is 0 Å². The van der Waals surface area contributed by atoms with Crippen LogP contribution in [0.15, 0.2) is 39.3 Å². The van der Waals surface area contributed by atoms with E-state index in [1.54, 1.807) is 19.9 Å². The van der Waals surface area contributed by atoms with Crippen LogP contribution in [-0.4, -0.2) is 110 Å². The van der Waals surface area contributed by atoms with Crippen LogP contribution in [0.3, 0.4) is 0 Å². The monoisotopic (exact) mass is 620 g/mol. The number of aliphatic hydroxyl groups is 6. The Labute approximate surface area is 253 Å². The second-order valence-electron chi connectivity index (χ2n) is 14.0. The summed E-state index contributed by atoms with van der Waals surface area (Å²) >= 11 is 0. The third kappa shape index (κ3) is 3.48. The minimum atomic E-state index is -2.14. The highest BCUT2D eigenvalue weighted by molar-refractivity contribution is 5.93. The van der Waals surface area contributed by atoms with Crippen molar-refractivity contribution in [3.63, 3.8) is 0 Å². The van der Waals surface area contributed by atoms with Gasteiger partial charge in [0.2, 0.25) is 5.79 Å². The number of hydrogen-bond donors (Lipinski definition) is 6. The molecule has 0 spiro atoms. The molecule has 242 valence electrons. The van der Waals surface area contributed by atoms with Gasteiger partial charge in [-0.15, -0.1) is 0 Å². The van der Waals surface area contributed by atoms with E-state index < -0.39 is 100 Å². The molecular formula is C31H40O13. The average molecular weight is 621 g/mol. The van der Waals surface area contributed by atoms with Gasteiger partial charge in [0.15, 0.2) is 18.2 Å². The SMILES string of the molecule is COC12OC3CC4(C)C(=CC3OC(OC(C)C1O)C2O)C(O)CC1(O)C4C(O)C(=O)C2(C)C(c3ccc(=O)oc3)CCC12O. The molecule has 7 rings (SSSR count). The fourth-order valence-electron chi connectivity index (χ4n) is 9.99. The molecule has 5 fully saturated rings. The van der Waals surface area contributed by atoms with Gasteiger partial charge in [-0.2, -0.15) is 0 Å². The standard InChI is InChI=1S/C31H40O13/c1-13-23(35)31(40-4)25(37)26(42-13)43-18-9-16-17(32)10-29(38)22(27(16,2)11-19(18)44-31)21(34)24(36)28(3)15(7-8-30(28,29)39)14-5-6-20(33)41-12-14/h5-6,9,12-13,15,17-19,21-23,25-26,32,34-35,37-39H,7-8,10-11H2,1-4H3. The smallest absolute Gasteiger partial charge is 0.335 e. The molecule has 13 nitrogen and oxygen atoms in total. The van der Waals surface area contributed by atoms with E-state index in [4.69, 9.17) is 23.4 Å². The Morgan fingerprint density at radius 3 is 2.39 bits per heavy atom. The number of ether oxygens (including phenoxy) is 4. The first-order valence-electron chi connectivity index (χ1n) is 15.1. The summed E-state index contributed by atoms with van der Waals surface area (Å²) in [5, 5.41) is 70.9. The van der Waals surface area contributed by atoms with Crippen molar-refractivity contribution in [3.8, 4) is 0 Å². The quantitative estimate of drug-likeness (QED) is 0.225. The highest BCUT2D eigenvalue weighted by Crippen LogP contribution is 2.70. The molecule has 0 radical (unpaired) electrons. The second kappa shape index (κ2) is 9.50. The van der Waals surface area contributed by atoms with Gasteiger partial charge in [-0.25, -0.2) is 4.79 Å². The van der Waals surface area contributed by atoms with Gasteiger partial charge in [-0.05, 0) is 50.3 Å². The lowest BCUT2D eigenvalue weighted by molar-refractivity contribution is -0.388. The molecule has 6 aliphatic rings. The van der Waals surface area contributed by atoms with Crippen LogP contribution in [-0.2, 0) is 23.7 Å². The lowest BCUT2D eigenvalue weighted by atomic mass is 9.41. The van der Waals surface area contributed by atoms with E-state index in [0.717, 1.165) is 0 Å². The zero-order valence-corrected chi connectivity index (χ0v) is 25.0. The van der Waals surface area contributed by atoms with Gasteiger partial charge in [0.1, 0.15) is 29.5 Å². The Kier molecular flexibility index (Phi) is 6.61. The molecule has 6 N–H and O–H groups in total. The molecule has 15 atom stereocenters. The van der Waals surface area contributed by atoms with Crippen molar-refractivity contribution in [2.24, 2.45) is 16.7 Å². The molecule has 1 aromatic heterocycles. The first-order chi connectivity index (χ1) is 20.6. The maximum Gasteiger partial charge on any atom is 0.335 e. The van der Waals surface area contributed by atoms with E-state index >= 15 is 0 Å². The predicted octanol–water partition coefficient (Wildman–Crippen LogP) is -0.760. The van der Waals surface area contributed by atoms with Gasteiger partial charge in [0, 0.05) is 36.8 Å². The number of methoxy groups -OCH3 is 1. The van der Waals surface area contributed by atoms with E-state index in [1.165, 1.54) is 32.4 Å². The van der Waals surface area contributed by atoms with Gasteiger partial charge in [0.05, 0.1) is 30.0 Å². The Morgan fingerprint density at radius 2 is 1.73 bits per heavy atom. The molecule has 4 aliphatic carbocycles. The van der Waals surface area contributed by atoms with Crippen molar-refractivity contribution in [2.75, 3.05) is 7.11 Å². The number of carbonyl (C=O) groups excluding carboxylic acids is 1. The summed E-state index contributed by atoms with van der Waals surface area (Å²) < 4.78 is 28.9. The summed E-state index contributed by atoms with van der Waals surface area (Å²) in [6, 6.07) is 2.73. The van der Waals surface area contributed by atoms with Crippen LogP contribution >= 0.6 is 0 Å². The molecule has 3 heterocycles. The molecule has 3 saturated carbocycles. The lowest BCUT2D eigenvalue weighted by Gasteiger charge is -2.67. The number of Topliss-reactive ketones (excluding diaryl/α,β-unsaturated/α-hetero) is 1. The molecule has 0 aromatic carbocycles. The number of carbonyl (C=O) groups is 1. The number of aliphatic hydroxyl groups excluding tert-OH is 4.